The molecule has 2 aliphatic heterocycles. The van der Waals surface area contributed by atoms with Crippen LogP contribution in [0.5, 0.6) is 0 Å². The Morgan fingerprint density at radius 1 is 0.867 bits per heavy atom. The second-order valence-corrected chi connectivity index (χ2v) is 13.3. The van der Waals surface area contributed by atoms with Gasteiger partial charge in [-0.15, -0.1) is 0 Å². The van der Waals surface area contributed by atoms with Gasteiger partial charge in [0.15, 0.2) is 0 Å². The van der Waals surface area contributed by atoms with Crippen LogP contribution in [-0.4, -0.2) is 29.6 Å². The first-order valence-electron chi connectivity index (χ1n) is 13.4. The molecule has 3 nitrogen and oxygen atoms in total. The molecule has 0 bridgehead atoms. The summed E-state index contributed by atoms with van der Waals surface area (Å²) in [5.41, 5.74) is 0.919. The summed E-state index contributed by atoms with van der Waals surface area (Å²) in [6.45, 7) is 11.3. The van der Waals surface area contributed by atoms with E-state index in [1.165, 1.54) is 51.4 Å². The molecule has 0 aromatic heterocycles. The lowest BCUT2D eigenvalue weighted by molar-refractivity contribution is -0.140. The summed E-state index contributed by atoms with van der Waals surface area (Å²) >= 11 is 0. The van der Waals surface area contributed by atoms with Gasteiger partial charge in [0.1, 0.15) is 5.72 Å². The maximum absolute atomic E-state index is 10.3. The van der Waals surface area contributed by atoms with Crippen molar-refractivity contribution in [2.24, 2.45) is 52.3 Å². The standard InChI is InChI=1S/C27H45NO2/c1-16-7-12-27(28-15-16)17(2)24-23(30-27)14-22-20-6-5-18-13-19(29)8-10-25(18,3)21(20)9-11-26(22,24)4/h16-24,28-29H,5-15H2,1-4H3/t16-,17+,18+,19+,20+,21+,22-,23+,24+,25+,26+,27+/m1/s1. The van der Waals surface area contributed by atoms with Gasteiger partial charge in [-0.3, -0.25) is 5.32 Å². The van der Waals surface area contributed by atoms with Crippen LogP contribution in [0.15, 0.2) is 0 Å². The molecule has 1 spiro atoms. The van der Waals surface area contributed by atoms with Crippen LogP contribution in [0.1, 0.15) is 91.9 Å². The lowest BCUT2D eigenvalue weighted by Gasteiger charge is -2.61. The molecule has 3 heteroatoms. The van der Waals surface area contributed by atoms with E-state index < -0.39 is 0 Å². The fourth-order valence-electron chi connectivity index (χ4n) is 10.4. The Morgan fingerprint density at radius 2 is 1.67 bits per heavy atom. The molecule has 0 unspecified atom stereocenters. The number of aliphatic hydroxyl groups is 1. The summed E-state index contributed by atoms with van der Waals surface area (Å²) in [7, 11) is 0. The fourth-order valence-corrected chi connectivity index (χ4v) is 10.4. The maximum Gasteiger partial charge on any atom is 0.122 e. The van der Waals surface area contributed by atoms with Crippen LogP contribution in [0.3, 0.4) is 0 Å². The van der Waals surface area contributed by atoms with Crippen molar-refractivity contribution in [2.75, 3.05) is 6.54 Å². The number of hydrogen-bond acceptors (Lipinski definition) is 3. The molecule has 12 atom stereocenters. The van der Waals surface area contributed by atoms with E-state index in [2.05, 4.69) is 33.0 Å². The molecular weight excluding hydrogens is 370 g/mol. The molecule has 0 aromatic carbocycles. The van der Waals surface area contributed by atoms with Gasteiger partial charge in [-0.05, 0) is 111 Å². The van der Waals surface area contributed by atoms with Gasteiger partial charge in [0.25, 0.3) is 0 Å². The van der Waals surface area contributed by atoms with Crippen molar-refractivity contribution < 1.29 is 9.84 Å². The molecule has 6 rings (SSSR count). The summed E-state index contributed by atoms with van der Waals surface area (Å²) in [6, 6.07) is 0. The summed E-state index contributed by atoms with van der Waals surface area (Å²) in [6.07, 6.45) is 13.2. The van der Waals surface area contributed by atoms with E-state index in [0.717, 1.165) is 54.9 Å². The van der Waals surface area contributed by atoms with E-state index in [-0.39, 0.29) is 11.8 Å². The SMILES string of the molecule is C[C@@H]1CC[C@]2(NC1)O[C@H]1C[C@@H]3[C@H]4CC[C@H]5C[C@@H](O)CC[C@]5(C)[C@H]4CC[C@]3(C)[C@H]1[C@@H]2C. The van der Waals surface area contributed by atoms with Crippen molar-refractivity contribution in [3.63, 3.8) is 0 Å². The molecule has 0 radical (unpaired) electrons. The van der Waals surface area contributed by atoms with Crippen molar-refractivity contribution >= 4 is 0 Å². The normalized spacial score (nSPS) is 62.5. The topological polar surface area (TPSA) is 41.5 Å². The highest BCUT2D eigenvalue weighted by Crippen LogP contribution is 2.71. The van der Waals surface area contributed by atoms with Gasteiger partial charge in [-0.1, -0.05) is 27.7 Å². The first-order chi connectivity index (χ1) is 14.3. The van der Waals surface area contributed by atoms with Crippen molar-refractivity contribution in [3.05, 3.63) is 0 Å². The minimum Gasteiger partial charge on any atom is -0.393 e. The third-order valence-electron chi connectivity index (χ3n) is 12.1. The highest BCUT2D eigenvalue weighted by atomic mass is 16.5. The van der Waals surface area contributed by atoms with E-state index in [1.807, 2.05) is 0 Å². The van der Waals surface area contributed by atoms with Gasteiger partial charge in [-0.2, -0.15) is 0 Å². The van der Waals surface area contributed by atoms with E-state index in [0.29, 0.717) is 22.9 Å². The lowest BCUT2D eigenvalue weighted by Crippen LogP contribution is -2.57. The van der Waals surface area contributed by atoms with Gasteiger partial charge >= 0.3 is 0 Å². The second-order valence-electron chi connectivity index (χ2n) is 13.3. The van der Waals surface area contributed by atoms with Gasteiger partial charge < -0.3 is 9.84 Å². The average Bonchev–Trinajstić information content (AvgIpc) is 3.16. The van der Waals surface area contributed by atoms with Gasteiger partial charge in [0.05, 0.1) is 12.2 Å². The fraction of sp³-hybridized carbons (Fsp3) is 1.00. The predicted octanol–water partition coefficient (Wildman–Crippen LogP) is 5.37. The van der Waals surface area contributed by atoms with Gasteiger partial charge in [-0.25, -0.2) is 0 Å². The predicted molar refractivity (Wildman–Crippen MR) is 120 cm³/mol. The first-order valence-corrected chi connectivity index (χ1v) is 13.4. The quantitative estimate of drug-likeness (QED) is 0.559. The zero-order valence-electron chi connectivity index (χ0n) is 19.8. The number of fused-ring (bicyclic) bond motifs is 7. The minimum absolute atomic E-state index is 0.0319. The monoisotopic (exact) mass is 415 g/mol. The van der Waals surface area contributed by atoms with E-state index >= 15 is 0 Å². The smallest absolute Gasteiger partial charge is 0.122 e. The van der Waals surface area contributed by atoms with E-state index in [4.69, 9.17) is 4.74 Å². The third kappa shape index (κ3) is 2.61. The van der Waals surface area contributed by atoms with Crippen LogP contribution in [0.2, 0.25) is 0 Å². The molecule has 30 heavy (non-hydrogen) atoms. The average molecular weight is 416 g/mol. The Hall–Kier alpha value is -0.120. The molecule has 6 fully saturated rings. The highest BCUT2D eigenvalue weighted by Gasteiger charge is 2.68. The molecule has 0 amide bonds. The number of rotatable bonds is 0. The van der Waals surface area contributed by atoms with Crippen LogP contribution in [0.4, 0.5) is 0 Å². The molecule has 2 heterocycles. The molecule has 4 aliphatic carbocycles. The Bertz CT molecular complexity index is 686. The largest absolute Gasteiger partial charge is 0.393 e. The van der Waals surface area contributed by atoms with Gasteiger partial charge in [0.2, 0.25) is 0 Å². The van der Waals surface area contributed by atoms with E-state index in [9.17, 15) is 5.11 Å². The lowest BCUT2D eigenvalue weighted by atomic mass is 9.44. The first kappa shape index (κ1) is 20.5. The van der Waals surface area contributed by atoms with Crippen LogP contribution in [-0.2, 0) is 4.74 Å². The van der Waals surface area contributed by atoms with Crippen LogP contribution in [0, 0.1) is 52.3 Å². The highest BCUT2D eigenvalue weighted by molar-refractivity contribution is 5.16. The van der Waals surface area contributed by atoms with Gasteiger partial charge in [0, 0.05) is 12.5 Å². The summed E-state index contributed by atoms with van der Waals surface area (Å²) in [5, 5.41) is 14.2. The van der Waals surface area contributed by atoms with Crippen molar-refractivity contribution in [1.29, 1.82) is 0 Å². The number of aliphatic hydroxyl groups excluding tert-OH is 1. The summed E-state index contributed by atoms with van der Waals surface area (Å²) < 4.78 is 7.01. The molecule has 4 saturated carbocycles. The number of hydrogen-bond donors (Lipinski definition) is 2. The van der Waals surface area contributed by atoms with Crippen molar-refractivity contribution in [3.8, 4) is 0 Å². The molecule has 2 saturated heterocycles. The van der Waals surface area contributed by atoms with Crippen molar-refractivity contribution in [1.82, 2.24) is 5.32 Å². The number of nitrogens with one attached hydrogen (secondary N) is 1. The molecule has 6 aliphatic rings. The third-order valence-corrected chi connectivity index (χ3v) is 12.1. The second kappa shape index (κ2) is 6.70. The Morgan fingerprint density at radius 3 is 2.43 bits per heavy atom. The maximum atomic E-state index is 10.3. The summed E-state index contributed by atoms with van der Waals surface area (Å²) in [4.78, 5) is 0. The van der Waals surface area contributed by atoms with Crippen molar-refractivity contribution in [2.45, 2.75) is 110 Å². The molecular formula is C27H45NO2. The Labute approximate surface area is 184 Å². The van der Waals surface area contributed by atoms with Crippen LogP contribution >= 0.6 is 0 Å². The Kier molecular flexibility index (Phi) is 4.58. The number of piperidine rings is 1. The van der Waals surface area contributed by atoms with Crippen LogP contribution in [0.25, 0.3) is 0 Å². The minimum atomic E-state index is -0.0320. The zero-order valence-corrected chi connectivity index (χ0v) is 19.8. The van der Waals surface area contributed by atoms with Crippen LogP contribution < -0.4 is 5.32 Å². The molecule has 2 N–H and O–H groups in total. The zero-order chi connectivity index (χ0) is 20.9. The Balaban J connectivity index is 1.26. The number of ether oxygens (including phenoxy) is 1. The molecule has 0 aromatic rings. The molecule has 170 valence electrons. The summed E-state index contributed by atoms with van der Waals surface area (Å²) in [5.74, 6) is 5.57. The van der Waals surface area contributed by atoms with E-state index in [1.54, 1.807) is 0 Å².